The molecule has 0 saturated carbocycles. The molecule has 0 spiro atoms. The summed E-state index contributed by atoms with van der Waals surface area (Å²) in [7, 11) is 1.74. The van der Waals surface area contributed by atoms with Gasteiger partial charge in [-0.2, -0.15) is 0 Å². The molecule has 0 aromatic carbocycles. The zero-order valence-electron chi connectivity index (χ0n) is 6.96. The molecule has 0 unspecified atom stereocenters. The SMILES string of the molecule is CNc1ccc(C(=O)O)c(C)n1. The van der Waals surface area contributed by atoms with Gasteiger partial charge in [-0.3, -0.25) is 0 Å². The Labute approximate surface area is 70.3 Å². The second-order valence-electron chi connectivity index (χ2n) is 2.38. The van der Waals surface area contributed by atoms with Crippen LogP contribution in [0.1, 0.15) is 16.1 Å². The molecule has 0 saturated heterocycles. The van der Waals surface area contributed by atoms with Crippen molar-refractivity contribution in [3.63, 3.8) is 0 Å². The lowest BCUT2D eigenvalue weighted by Gasteiger charge is -2.02. The minimum atomic E-state index is -0.942. The molecule has 1 rings (SSSR count). The monoisotopic (exact) mass is 166 g/mol. The number of carboxylic acids is 1. The van der Waals surface area contributed by atoms with Gasteiger partial charge in [-0.25, -0.2) is 9.78 Å². The summed E-state index contributed by atoms with van der Waals surface area (Å²) in [6.07, 6.45) is 0. The Kier molecular flexibility index (Phi) is 2.28. The first-order chi connectivity index (χ1) is 5.65. The van der Waals surface area contributed by atoms with Gasteiger partial charge in [0, 0.05) is 7.05 Å². The number of nitrogens with zero attached hydrogens (tertiary/aromatic N) is 1. The van der Waals surface area contributed by atoms with Gasteiger partial charge in [0.25, 0.3) is 0 Å². The van der Waals surface area contributed by atoms with E-state index in [0.717, 1.165) is 0 Å². The first-order valence-corrected chi connectivity index (χ1v) is 3.54. The van der Waals surface area contributed by atoms with Crippen molar-refractivity contribution in [2.45, 2.75) is 6.92 Å². The number of carboxylic acid groups (broad SMARTS) is 1. The Balaban J connectivity index is 3.12. The molecule has 0 aliphatic heterocycles. The highest BCUT2D eigenvalue weighted by Gasteiger charge is 2.07. The summed E-state index contributed by atoms with van der Waals surface area (Å²) in [5.41, 5.74) is 0.767. The van der Waals surface area contributed by atoms with Crippen LogP contribution in [0.5, 0.6) is 0 Å². The molecule has 0 bridgehead atoms. The summed E-state index contributed by atoms with van der Waals surface area (Å²) in [5, 5.41) is 11.5. The number of nitrogens with one attached hydrogen (secondary N) is 1. The number of aryl methyl sites for hydroxylation is 1. The Morgan fingerprint density at radius 1 is 1.58 bits per heavy atom. The van der Waals surface area contributed by atoms with E-state index in [1.54, 1.807) is 20.0 Å². The third-order valence-corrected chi connectivity index (χ3v) is 1.57. The van der Waals surface area contributed by atoms with Gasteiger partial charge in [-0.1, -0.05) is 0 Å². The van der Waals surface area contributed by atoms with Crippen LogP contribution in [0.3, 0.4) is 0 Å². The topological polar surface area (TPSA) is 62.2 Å². The normalized spacial score (nSPS) is 9.50. The predicted octanol–water partition coefficient (Wildman–Crippen LogP) is 1.13. The van der Waals surface area contributed by atoms with Gasteiger partial charge in [0.15, 0.2) is 0 Å². The molecule has 1 heterocycles. The molecule has 1 aromatic heterocycles. The minimum Gasteiger partial charge on any atom is -0.478 e. The van der Waals surface area contributed by atoms with E-state index in [9.17, 15) is 4.79 Å². The Hall–Kier alpha value is -1.58. The van der Waals surface area contributed by atoms with Gasteiger partial charge < -0.3 is 10.4 Å². The molecule has 0 fully saturated rings. The number of hydrogen-bond acceptors (Lipinski definition) is 3. The van der Waals surface area contributed by atoms with E-state index < -0.39 is 5.97 Å². The molecule has 4 heteroatoms. The van der Waals surface area contributed by atoms with Crippen molar-refractivity contribution in [2.75, 3.05) is 12.4 Å². The zero-order valence-corrected chi connectivity index (χ0v) is 6.96. The third kappa shape index (κ3) is 1.53. The molecule has 2 N–H and O–H groups in total. The molecule has 4 nitrogen and oxygen atoms in total. The fraction of sp³-hybridized carbons (Fsp3) is 0.250. The molecule has 12 heavy (non-hydrogen) atoms. The molecule has 0 aliphatic carbocycles. The summed E-state index contributed by atoms with van der Waals surface area (Å²) in [6.45, 7) is 1.67. The smallest absolute Gasteiger partial charge is 0.337 e. The van der Waals surface area contributed by atoms with Gasteiger partial charge in [-0.05, 0) is 19.1 Å². The average molecular weight is 166 g/mol. The number of aromatic nitrogens is 1. The van der Waals surface area contributed by atoms with E-state index in [2.05, 4.69) is 10.3 Å². The Morgan fingerprint density at radius 3 is 2.67 bits per heavy atom. The molecular weight excluding hydrogens is 156 g/mol. The van der Waals surface area contributed by atoms with Crippen LogP contribution in [-0.4, -0.2) is 23.1 Å². The molecule has 0 radical (unpaired) electrons. The number of hydrogen-bond donors (Lipinski definition) is 2. The van der Waals surface area contributed by atoms with Gasteiger partial charge in [0.05, 0.1) is 11.3 Å². The molecular formula is C8H10N2O2. The average Bonchev–Trinajstić information content (AvgIpc) is 2.03. The highest BCUT2D eigenvalue weighted by Crippen LogP contribution is 2.09. The largest absolute Gasteiger partial charge is 0.478 e. The highest BCUT2D eigenvalue weighted by molar-refractivity contribution is 5.88. The quantitative estimate of drug-likeness (QED) is 0.691. The van der Waals surface area contributed by atoms with Crippen molar-refractivity contribution < 1.29 is 9.90 Å². The molecule has 1 aromatic rings. The van der Waals surface area contributed by atoms with E-state index >= 15 is 0 Å². The van der Waals surface area contributed by atoms with Crippen molar-refractivity contribution in [3.05, 3.63) is 23.4 Å². The summed E-state index contributed by atoms with van der Waals surface area (Å²) in [5.74, 6) is -0.264. The predicted molar refractivity (Wildman–Crippen MR) is 45.5 cm³/mol. The number of pyridine rings is 1. The fourth-order valence-corrected chi connectivity index (χ4v) is 0.926. The molecule has 64 valence electrons. The van der Waals surface area contributed by atoms with Gasteiger partial charge in [0.1, 0.15) is 5.82 Å². The van der Waals surface area contributed by atoms with Crippen molar-refractivity contribution in [1.82, 2.24) is 4.98 Å². The summed E-state index contributed by atoms with van der Waals surface area (Å²) in [4.78, 5) is 14.6. The number of carbonyl (C=O) groups is 1. The van der Waals surface area contributed by atoms with Gasteiger partial charge in [0.2, 0.25) is 0 Å². The summed E-state index contributed by atoms with van der Waals surface area (Å²) in [6, 6.07) is 3.17. The third-order valence-electron chi connectivity index (χ3n) is 1.57. The Bertz CT molecular complexity index is 310. The van der Waals surface area contributed by atoms with E-state index in [0.29, 0.717) is 11.5 Å². The lowest BCUT2D eigenvalue weighted by molar-refractivity contribution is 0.0695. The van der Waals surface area contributed by atoms with E-state index in [1.165, 1.54) is 6.07 Å². The van der Waals surface area contributed by atoms with Crippen LogP contribution in [0, 0.1) is 6.92 Å². The lowest BCUT2D eigenvalue weighted by Crippen LogP contribution is -2.03. The van der Waals surface area contributed by atoms with Crippen molar-refractivity contribution in [3.8, 4) is 0 Å². The Morgan fingerprint density at radius 2 is 2.25 bits per heavy atom. The first-order valence-electron chi connectivity index (χ1n) is 3.54. The van der Waals surface area contributed by atoms with Crippen LogP contribution in [0.15, 0.2) is 12.1 Å². The van der Waals surface area contributed by atoms with E-state index in [4.69, 9.17) is 5.11 Å². The molecule has 0 amide bonds. The van der Waals surface area contributed by atoms with Crippen LogP contribution in [0.25, 0.3) is 0 Å². The van der Waals surface area contributed by atoms with E-state index in [-0.39, 0.29) is 5.56 Å². The molecule has 0 atom stereocenters. The standard InChI is InChI=1S/C8H10N2O2/c1-5-6(8(11)12)3-4-7(9-2)10-5/h3-4H,1-2H3,(H,9,10)(H,11,12). The van der Waals surface area contributed by atoms with Crippen LogP contribution >= 0.6 is 0 Å². The molecule has 0 aliphatic rings. The second kappa shape index (κ2) is 3.21. The van der Waals surface area contributed by atoms with Gasteiger partial charge >= 0.3 is 5.97 Å². The van der Waals surface area contributed by atoms with E-state index in [1.807, 2.05) is 0 Å². The van der Waals surface area contributed by atoms with Crippen molar-refractivity contribution >= 4 is 11.8 Å². The van der Waals surface area contributed by atoms with Crippen molar-refractivity contribution in [2.24, 2.45) is 0 Å². The summed E-state index contributed by atoms with van der Waals surface area (Å²) >= 11 is 0. The maximum atomic E-state index is 10.6. The van der Waals surface area contributed by atoms with Crippen LogP contribution in [0.2, 0.25) is 0 Å². The minimum absolute atomic E-state index is 0.244. The fourth-order valence-electron chi connectivity index (χ4n) is 0.926. The lowest BCUT2D eigenvalue weighted by atomic mass is 10.2. The highest BCUT2D eigenvalue weighted by atomic mass is 16.4. The second-order valence-corrected chi connectivity index (χ2v) is 2.38. The van der Waals surface area contributed by atoms with Gasteiger partial charge in [-0.15, -0.1) is 0 Å². The van der Waals surface area contributed by atoms with Crippen molar-refractivity contribution in [1.29, 1.82) is 0 Å². The number of aromatic carboxylic acids is 1. The number of rotatable bonds is 2. The van der Waals surface area contributed by atoms with Crippen LogP contribution < -0.4 is 5.32 Å². The maximum absolute atomic E-state index is 10.6. The summed E-state index contributed by atoms with van der Waals surface area (Å²) < 4.78 is 0. The maximum Gasteiger partial charge on any atom is 0.337 e. The zero-order chi connectivity index (χ0) is 9.14. The van der Waals surface area contributed by atoms with Crippen LogP contribution in [0.4, 0.5) is 5.82 Å². The number of anilines is 1. The first kappa shape index (κ1) is 8.52. The van der Waals surface area contributed by atoms with Crippen LogP contribution in [-0.2, 0) is 0 Å².